The second-order valence-corrected chi connectivity index (χ2v) is 7.28. The first-order valence-corrected chi connectivity index (χ1v) is 9.73. The van der Waals surface area contributed by atoms with Gasteiger partial charge in [0.2, 0.25) is 0 Å². The van der Waals surface area contributed by atoms with Crippen LogP contribution in [-0.4, -0.2) is 0 Å². The second-order valence-electron chi connectivity index (χ2n) is 7.28. The van der Waals surface area contributed by atoms with E-state index in [1.807, 2.05) is 48.5 Å². The van der Waals surface area contributed by atoms with E-state index in [1.54, 1.807) is 0 Å². The lowest BCUT2D eigenvalue weighted by atomic mass is 9.90. The van der Waals surface area contributed by atoms with Crippen LogP contribution in [0, 0.1) is 22.7 Å². The molecule has 0 atom stereocenters. The van der Waals surface area contributed by atoms with Crippen molar-refractivity contribution in [1.29, 1.82) is 10.5 Å². The standard InChI is InChI=1S/C28H16N2/c29-17-19-5-9-21(10-6-19)25-13-14-26(22-11-7-20(18-30)8-12-22)28-16-24-4-2-1-3-23(24)15-27(25)28/h1-16H. The molecule has 0 aliphatic rings. The van der Waals surface area contributed by atoms with Crippen molar-refractivity contribution in [2.75, 3.05) is 0 Å². The average Bonchev–Trinajstić information content (AvgIpc) is 2.82. The number of nitrogens with zero attached hydrogens (tertiary/aromatic N) is 2. The van der Waals surface area contributed by atoms with Crippen molar-refractivity contribution in [3.63, 3.8) is 0 Å². The van der Waals surface area contributed by atoms with Crippen molar-refractivity contribution in [2.24, 2.45) is 0 Å². The molecule has 5 aromatic rings. The molecule has 0 N–H and O–H groups in total. The molecule has 2 nitrogen and oxygen atoms in total. The van der Waals surface area contributed by atoms with Gasteiger partial charge in [-0.1, -0.05) is 60.7 Å². The normalized spacial score (nSPS) is 10.6. The third kappa shape index (κ3) is 2.98. The monoisotopic (exact) mass is 380 g/mol. The van der Waals surface area contributed by atoms with Gasteiger partial charge in [0.25, 0.3) is 0 Å². The zero-order valence-corrected chi connectivity index (χ0v) is 16.1. The summed E-state index contributed by atoms with van der Waals surface area (Å²) in [6.07, 6.45) is 0. The predicted octanol–water partition coefficient (Wildman–Crippen LogP) is 7.07. The maximum absolute atomic E-state index is 9.12. The van der Waals surface area contributed by atoms with Crippen LogP contribution in [0.25, 0.3) is 43.8 Å². The van der Waals surface area contributed by atoms with Crippen molar-refractivity contribution in [3.05, 3.63) is 108 Å². The molecule has 0 amide bonds. The number of hydrogen-bond donors (Lipinski definition) is 0. The lowest BCUT2D eigenvalue weighted by Crippen LogP contribution is -1.88. The molecule has 0 aromatic heterocycles. The number of rotatable bonds is 2. The highest BCUT2D eigenvalue weighted by Crippen LogP contribution is 2.38. The molecule has 0 spiro atoms. The molecule has 0 bridgehead atoms. The summed E-state index contributed by atoms with van der Waals surface area (Å²) in [4.78, 5) is 0. The Hall–Kier alpha value is -4.40. The van der Waals surface area contributed by atoms with E-state index in [0.717, 1.165) is 22.3 Å². The van der Waals surface area contributed by atoms with Gasteiger partial charge in [-0.2, -0.15) is 10.5 Å². The van der Waals surface area contributed by atoms with Crippen LogP contribution >= 0.6 is 0 Å². The number of hydrogen-bond acceptors (Lipinski definition) is 2. The van der Waals surface area contributed by atoms with E-state index < -0.39 is 0 Å². The number of fused-ring (bicyclic) bond motifs is 2. The first kappa shape index (κ1) is 17.7. The van der Waals surface area contributed by atoms with Gasteiger partial charge in [-0.25, -0.2) is 0 Å². The van der Waals surface area contributed by atoms with E-state index in [2.05, 4.69) is 60.7 Å². The largest absolute Gasteiger partial charge is 0.192 e. The maximum Gasteiger partial charge on any atom is 0.0991 e. The third-order valence-electron chi connectivity index (χ3n) is 5.53. The van der Waals surface area contributed by atoms with Crippen LogP contribution in [-0.2, 0) is 0 Å². The highest BCUT2D eigenvalue weighted by Gasteiger charge is 2.11. The topological polar surface area (TPSA) is 47.6 Å². The summed E-state index contributed by atoms with van der Waals surface area (Å²) >= 11 is 0. The van der Waals surface area contributed by atoms with Crippen molar-refractivity contribution >= 4 is 21.5 Å². The Labute approximate surface area is 174 Å². The second kappa shape index (κ2) is 7.21. The van der Waals surface area contributed by atoms with Crippen LogP contribution in [0.4, 0.5) is 0 Å². The molecule has 0 radical (unpaired) electrons. The van der Waals surface area contributed by atoms with E-state index in [-0.39, 0.29) is 0 Å². The fourth-order valence-corrected chi connectivity index (χ4v) is 3.98. The van der Waals surface area contributed by atoms with Gasteiger partial charge in [0, 0.05) is 0 Å². The highest BCUT2D eigenvalue weighted by atomic mass is 14.2. The van der Waals surface area contributed by atoms with E-state index >= 15 is 0 Å². The molecule has 5 rings (SSSR count). The molecule has 30 heavy (non-hydrogen) atoms. The van der Waals surface area contributed by atoms with E-state index in [1.165, 1.54) is 21.5 Å². The SMILES string of the molecule is N#Cc1ccc(-c2ccc(-c3ccc(C#N)cc3)c3cc4ccccc4cc23)cc1. The summed E-state index contributed by atoms with van der Waals surface area (Å²) in [5.74, 6) is 0. The summed E-state index contributed by atoms with van der Waals surface area (Å²) in [6.45, 7) is 0. The summed E-state index contributed by atoms with van der Waals surface area (Å²) in [6, 6.07) is 37.0. The number of nitriles is 2. The Balaban J connectivity index is 1.81. The zero-order chi connectivity index (χ0) is 20.5. The Kier molecular flexibility index (Phi) is 4.25. The van der Waals surface area contributed by atoms with E-state index in [0.29, 0.717) is 11.1 Å². The van der Waals surface area contributed by atoms with Gasteiger partial charge in [0.05, 0.1) is 23.3 Å². The van der Waals surface area contributed by atoms with E-state index in [9.17, 15) is 0 Å². The molecule has 5 aromatic carbocycles. The maximum atomic E-state index is 9.12. The fourth-order valence-electron chi connectivity index (χ4n) is 3.98. The van der Waals surface area contributed by atoms with Crippen molar-refractivity contribution in [2.45, 2.75) is 0 Å². The molecule has 138 valence electrons. The van der Waals surface area contributed by atoms with Gasteiger partial charge in [0.15, 0.2) is 0 Å². The molecule has 0 heterocycles. The minimum Gasteiger partial charge on any atom is -0.192 e. The Bertz CT molecular complexity index is 1360. The van der Waals surface area contributed by atoms with Gasteiger partial charge in [-0.3, -0.25) is 0 Å². The molecule has 2 heteroatoms. The van der Waals surface area contributed by atoms with Crippen LogP contribution < -0.4 is 0 Å². The molecule has 0 unspecified atom stereocenters. The first-order chi connectivity index (χ1) is 14.8. The highest BCUT2D eigenvalue weighted by molar-refractivity contribution is 6.10. The van der Waals surface area contributed by atoms with Gasteiger partial charge < -0.3 is 0 Å². The fraction of sp³-hybridized carbons (Fsp3) is 0. The lowest BCUT2D eigenvalue weighted by Gasteiger charge is -2.14. The molecule has 0 saturated carbocycles. The molecule has 0 aliphatic heterocycles. The summed E-state index contributed by atoms with van der Waals surface area (Å²) in [5.41, 5.74) is 5.75. The third-order valence-corrected chi connectivity index (χ3v) is 5.53. The van der Waals surface area contributed by atoms with Gasteiger partial charge in [0.1, 0.15) is 0 Å². The summed E-state index contributed by atoms with van der Waals surface area (Å²) < 4.78 is 0. The van der Waals surface area contributed by atoms with Crippen LogP contribution in [0.1, 0.15) is 11.1 Å². The van der Waals surface area contributed by atoms with Gasteiger partial charge in [-0.15, -0.1) is 0 Å². The quantitative estimate of drug-likeness (QED) is 0.307. The van der Waals surface area contributed by atoms with Gasteiger partial charge >= 0.3 is 0 Å². The van der Waals surface area contributed by atoms with E-state index in [4.69, 9.17) is 10.5 Å². The average molecular weight is 380 g/mol. The lowest BCUT2D eigenvalue weighted by molar-refractivity contribution is 1.48. The van der Waals surface area contributed by atoms with Gasteiger partial charge in [-0.05, 0) is 80.2 Å². The first-order valence-electron chi connectivity index (χ1n) is 9.73. The Morgan fingerprint density at radius 2 is 0.867 bits per heavy atom. The molecular weight excluding hydrogens is 364 g/mol. The Morgan fingerprint density at radius 3 is 1.23 bits per heavy atom. The van der Waals surface area contributed by atoms with Crippen molar-refractivity contribution in [3.8, 4) is 34.4 Å². The Morgan fingerprint density at radius 1 is 0.467 bits per heavy atom. The molecular formula is C28H16N2. The molecule has 0 aliphatic carbocycles. The predicted molar refractivity (Wildman–Crippen MR) is 122 cm³/mol. The smallest absolute Gasteiger partial charge is 0.0991 e. The van der Waals surface area contributed by atoms with Crippen molar-refractivity contribution < 1.29 is 0 Å². The minimum atomic E-state index is 0.655. The minimum absolute atomic E-state index is 0.655. The molecule has 0 saturated heterocycles. The van der Waals surface area contributed by atoms with Crippen LogP contribution in [0.15, 0.2) is 97.1 Å². The summed E-state index contributed by atoms with van der Waals surface area (Å²) in [5, 5.41) is 23.0. The van der Waals surface area contributed by atoms with Crippen LogP contribution in [0.5, 0.6) is 0 Å². The van der Waals surface area contributed by atoms with Crippen molar-refractivity contribution in [1.82, 2.24) is 0 Å². The van der Waals surface area contributed by atoms with Crippen LogP contribution in [0.2, 0.25) is 0 Å². The molecule has 0 fully saturated rings. The zero-order valence-electron chi connectivity index (χ0n) is 16.1. The number of benzene rings is 5. The van der Waals surface area contributed by atoms with Crippen LogP contribution in [0.3, 0.4) is 0 Å². The summed E-state index contributed by atoms with van der Waals surface area (Å²) in [7, 11) is 0.